The van der Waals surface area contributed by atoms with Gasteiger partial charge in [0.15, 0.2) is 0 Å². The lowest BCUT2D eigenvalue weighted by Crippen LogP contribution is -2.30. The summed E-state index contributed by atoms with van der Waals surface area (Å²) in [6.07, 6.45) is 2.18. The molecule has 16 heavy (non-hydrogen) atoms. The molecular weight excluding hydrogens is 260 g/mol. The third kappa shape index (κ3) is 2.62. The topological polar surface area (TPSA) is 145 Å². The summed E-state index contributed by atoms with van der Waals surface area (Å²) in [5.41, 5.74) is 7.85. The van der Waals surface area contributed by atoms with Gasteiger partial charge in [-0.2, -0.15) is 21.6 Å². The summed E-state index contributed by atoms with van der Waals surface area (Å²) in [7, 11) is -9.09. The first-order valence-corrected chi connectivity index (χ1v) is 6.66. The summed E-state index contributed by atoms with van der Waals surface area (Å²) in [5.74, 6) is 0. The average Bonchev–Trinajstić information content (AvgIpc) is 2.14. The SMILES string of the molecule is [N-]=[N+]=C1C=C(S(=O)(=O)O)C=CC1S(=O)(=O)O. The van der Waals surface area contributed by atoms with Gasteiger partial charge in [0.05, 0.1) is 0 Å². The maximum Gasteiger partial charge on any atom is 0.317 e. The van der Waals surface area contributed by atoms with Crippen LogP contribution in [0.25, 0.3) is 5.53 Å². The highest BCUT2D eigenvalue weighted by Gasteiger charge is 2.35. The van der Waals surface area contributed by atoms with Crippen LogP contribution in [0.1, 0.15) is 0 Å². The van der Waals surface area contributed by atoms with Crippen molar-refractivity contribution < 1.29 is 30.7 Å². The molecule has 0 saturated heterocycles. The molecule has 0 aromatic rings. The van der Waals surface area contributed by atoms with Crippen molar-refractivity contribution in [2.75, 3.05) is 0 Å². The van der Waals surface area contributed by atoms with Gasteiger partial charge < -0.3 is 5.53 Å². The second-order valence-corrected chi connectivity index (χ2v) is 5.80. The molecule has 1 unspecified atom stereocenters. The van der Waals surface area contributed by atoms with Crippen LogP contribution in [-0.2, 0) is 20.2 Å². The van der Waals surface area contributed by atoms with Gasteiger partial charge in [-0.05, 0) is 6.08 Å². The van der Waals surface area contributed by atoms with Gasteiger partial charge in [-0.15, -0.1) is 0 Å². The lowest BCUT2D eigenvalue weighted by atomic mass is 10.1. The Morgan fingerprint density at radius 1 is 1.25 bits per heavy atom. The van der Waals surface area contributed by atoms with Crippen molar-refractivity contribution in [1.82, 2.24) is 0 Å². The van der Waals surface area contributed by atoms with Crippen molar-refractivity contribution in [3.05, 3.63) is 28.7 Å². The first-order valence-electron chi connectivity index (χ1n) is 3.72. The van der Waals surface area contributed by atoms with Gasteiger partial charge in [-0.3, -0.25) is 9.11 Å². The number of hydrogen-bond donors (Lipinski definition) is 2. The van der Waals surface area contributed by atoms with Crippen LogP contribution in [0.5, 0.6) is 0 Å². The molecule has 0 heterocycles. The van der Waals surface area contributed by atoms with Gasteiger partial charge in [0.1, 0.15) is 4.91 Å². The maximum absolute atomic E-state index is 10.8. The molecule has 2 N–H and O–H groups in total. The Kier molecular flexibility index (Phi) is 3.13. The van der Waals surface area contributed by atoms with E-state index in [0.29, 0.717) is 6.08 Å². The van der Waals surface area contributed by atoms with Crippen molar-refractivity contribution >= 4 is 25.9 Å². The second kappa shape index (κ2) is 3.92. The quantitative estimate of drug-likeness (QED) is 0.382. The molecule has 0 aliphatic heterocycles. The highest BCUT2D eigenvalue weighted by atomic mass is 32.2. The fourth-order valence-corrected chi connectivity index (χ4v) is 2.27. The van der Waals surface area contributed by atoms with Crippen molar-refractivity contribution in [2.24, 2.45) is 0 Å². The van der Waals surface area contributed by atoms with Crippen LogP contribution in [0.15, 0.2) is 23.1 Å². The van der Waals surface area contributed by atoms with Gasteiger partial charge in [0.2, 0.25) is 5.25 Å². The molecule has 10 heteroatoms. The van der Waals surface area contributed by atoms with Crippen LogP contribution < -0.4 is 0 Å². The Morgan fingerprint density at radius 3 is 2.19 bits per heavy atom. The van der Waals surface area contributed by atoms with E-state index in [1.54, 1.807) is 0 Å². The van der Waals surface area contributed by atoms with Crippen LogP contribution in [0, 0.1) is 0 Å². The molecule has 0 radical (unpaired) electrons. The van der Waals surface area contributed by atoms with Crippen molar-refractivity contribution in [1.29, 1.82) is 0 Å². The summed E-state index contributed by atoms with van der Waals surface area (Å²) in [5, 5.41) is -1.66. The largest absolute Gasteiger partial charge is 0.361 e. The summed E-state index contributed by atoms with van der Waals surface area (Å²) < 4.78 is 60.3. The molecule has 1 aliphatic carbocycles. The lowest BCUT2D eigenvalue weighted by molar-refractivity contribution is -0.00525. The Hall–Kier alpha value is -1.32. The average molecular weight is 266 g/mol. The van der Waals surface area contributed by atoms with Crippen molar-refractivity contribution in [2.45, 2.75) is 5.25 Å². The van der Waals surface area contributed by atoms with E-state index in [0.717, 1.165) is 12.2 Å². The van der Waals surface area contributed by atoms with Gasteiger partial charge in [0, 0.05) is 6.08 Å². The van der Waals surface area contributed by atoms with Crippen LogP contribution in [0.3, 0.4) is 0 Å². The van der Waals surface area contributed by atoms with Crippen molar-refractivity contribution in [3.63, 3.8) is 0 Å². The fourth-order valence-electron chi connectivity index (χ4n) is 1.05. The van der Waals surface area contributed by atoms with E-state index >= 15 is 0 Å². The Labute approximate surface area is 91.0 Å². The molecule has 1 atom stereocenters. The van der Waals surface area contributed by atoms with Crippen molar-refractivity contribution in [3.8, 4) is 0 Å². The Bertz CT molecular complexity index is 620. The minimum atomic E-state index is -4.55. The first kappa shape index (κ1) is 12.7. The monoisotopic (exact) mass is 266 g/mol. The van der Waals surface area contributed by atoms with E-state index in [4.69, 9.17) is 14.6 Å². The molecule has 8 nitrogen and oxygen atoms in total. The number of rotatable bonds is 2. The van der Waals surface area contributed by atoms with Crippen LogP contribution >= 0.6 is 0 Å². The van der Waals surface area contributed by atoms with E-state index in [2.05, 4.69) is 4.79 Å². The van der Waals surface area contributed by atoms with Crippen LogP contribution in [0.2, 0.25) is 0 Å². The Balaban J connectivity index is 3.34. The summed E-state index contributed by atoms with van der Waals surface area (Å²) in [6.45, 7) is 0. The zero-order chi connectivity index (χ0) is 12.6. The third-order valence-corrected chi connectivity index (χ3v) is 3.64. The predicted octanol–water partition coefficient (Wildman–Crippen LogP) is -0.745. The third-order valence-electron chi connectivity index (χ3n) is 1.75. The number of hydrogen-bond acceptors (Lipinski definition) is 4. The smallest absolute Gasteiger partial charge is 0.317 e. The summed E-state index contributed by atoms with van der Waals surface area (Å²) in [4.78, 5) is 1.89. The highest BCUT2D eigenvalue weighted by molar-refractivity contribution is 7.90. The van der Waals surface area contributed by atoms with E-state index in [1.165, 1.54) is 0 Å². The van der Waals surface area contributed by atoms with Gasteiger partial charge in [0.25, 0.3) is 20.2 Å². The zero-order valence-electron chi connectivity index (χ0n) is 7.55. The normalized spacial score (nSPS) is 21.5. The molecule has 0 aromatic heterocycles. The standard InChI is InChI=1S/C6H6N2O6S2/c7-8-5-3-4(15(9,10)11)1-2-6(5)16(12,13)14/h1-3,6H,(H,9,10,11)(H,12,13,14). The second-order valence-electron chi connectivity index (χ2n) is 2.84. The molecule has 0 fully saturated rings. The van der Waals surface area contributed by atoms with Crippen LogP contribution in [-0.4, -0.2) is 41.7 Å². The van der Waals surface area contributed by atoms with E-state index in [1.807, 2.05) is 0 Å². The fraction of sp³-hybridized carbons (Fsp3) is 0.167. The molecule has 88 valence electrons. The molecule has 0 spiro atoms. The lowest BCUT2D eigenvalue weighted by Gasteiger charge is -2.07. The molecule has 1 rings (SSSR count). The molecular formula is C6H6N2O6S2. The van der Waals surface area contributed by atoms with E-state index in [9.17, 15) is 16.8 Å². The minimum absolute atomic E-state index is 0.613. The van der Waals surface area contributed by atoms with Gasteiger partial charge in [-0.25, -0.2) is 0 Å². The Morgan fingerprint density at radius 2 is 1.81 bits per heavy atom. The maximum atomic E-state index is 10.8. The zero-order valence-corrected chi connectivity index (χ0v) is 9.18. The number of nitrogens with zero attached hydrogens (tertiary/aromatic N) is 2. The first-order chi connectivity index (χ1) is 7.16. The van der Waals surface area contributed by atoms with Gasteiger partial charge in [-0.1, -0.05) is 6.08 Å². The van der Waals surface area contributed by atoms with E-state index < -0.39 is 36.1 Å². The summed E-state index contributed by atoms with van der Waals surface area (Å²) in [6, 6.07) is 0. The molecule has 0 amide bonds. The van der Waals surface area contributed by atoms with Crippen LogP contribution in [0.4, 0.5) is 0 Å². The predicted molar refractivity (Wildman–Crippen MR) is 52.7 cm³/mol. The number of allylic oxidation sites excluding steroid dienone is 2. The van der Waals surface area contributed by atoms with Gasteiger partial charge >= 0.3 is 5.71 Å². The molecule has 0 saturated carbocycles. The molecule has 1 aliphatic rings. The molecule has 0 aromatic carbocycles. The van der Waals surface area contributed by atoms with E-state index in [-0.39, 0.29) is 0 Å². The summed E-state index contributed by atoms with van der Waals surface area (Å²) >= 11 is 0. The molecule has 0 bridgehead atoms. The minimum Gasteiger partial charge on any atom is -0.361 e. The highest BCUT2D eigenvalue weighted by Crippen LogP contribution is 2.16.